The van der Waals surface area contributed by atoms with Crippen molar-refractivity contribution in [2.75, 3.05) is 0 Å². The van der Waals surface area contributed by atoms with Crippen LogP contribution >= 0.6 is 0 Å². The molecule has 0 aliphatic carbocycles. The topological polar surface area (TPSA) is 3.24 Å². The Morgan fingerprint density at radius 3 is 2.57 bits per heavy atom. The van der Waals surface area contributed by atoms with E-state index in [2.05, 4.69) is 84.9 Å². The molecule has 0 spiro atoms. The van der Waals surface area contributed by atoms with Gasteiger partial charge in [-0.05, 0) is 40.7 Å². The van der Waals surface area contributed by atoms with Crippen LogP contribution < -0.4 is 0 Å². The molecule has 0 saturated carbocycles. The SMILES string of the molecule is CC1CC2c3ccccc3C=CN2C=C1c1ccccc1. The van der Waals surface area contributed by atoms with E-state index >= 15 is 0 Å². The van der Waals surface area contributed by atoms with Gasteiger partial charge in [0.15, 0.2) is 0 Å². The van der Waals surface area contributed by atoms with Gasteiger partial charge in [-0.25, -0.2) is 0 Å². The van der Waals surface area contributed by atoms with Crippen molar-refractivity contribution in [2.24, 2.45) is 5.92 Å². The molecule has 1 heteroatoms. The van der Waals surface area contributed by atoms with Gasteiger partial charge in [-0.1, -0.05) is 61.5 Å². The fourth-order valence-corrected chi connectivity index (χ4v) is 3.52. The zero-order valence-corrected chi connectivity index (χ0v) is 12.2. The Morgan fingerprint density at radius 1 is 0.952 bits per heavy atom. The molecule has 2 aromatic rings. The first-order valence-electron chi connectivity index (χ1n) is 7.64. The maximum absolute atomic E-state index is 2.38. The van der Waals surface area contributed by atoms with E-state index in [1.807, 2.05) is 0 Å². The molecule has 104 valence electrons. The van der Waals surface area contributed by atoms with Crippen LogP contribution in [0, 0.1) is 5.92 Å². The van der Waals surface area contributed by atoms with Crippen molar-refractivity contribution in [2.45, 2.75) is 19.4 Å². The minimum Gasteiger partial charge on any atom is -0.347 e. The lowest BCUT2D eigenvalue weighted by Crippen LogP contribution is -2.28. The highest BCUT2D eigenvalue weighted by molar-refractivity contribution is 5.69. The van der Waals surface area contributed by atoms with Crippen LogP contribution in [0.3, 0.4) is 0 Å². The quantitative estimate of drug-likeness (QED) is 0.699. The van der Waals surface area contributed by atoms with E-state index in [-0.39, 0.29) is 0 Å². The average Bonchev–Trinajstić information content (AvgIpc) is 2.55. The Kier molecular flexibility index (Phi) is 2.92. The van der Waals surface area contributed by atoms with Gasteiger partial charge in [-0.2, -0.15) is 0 Å². The number of allylic oxidation sites excluding steroid dienone is 1. The van der Waals surface area contributed by atoms with E-state index in [4.69, 9.17) is 0 Å². The third-order valence-corrected chi connectivity index (χ3v) is 4.64. The minimum atomic E-state index is 0.480. The van der Waals surface area contributed by atoms with Crippen LogP contribution in [0.2, 0.25) is 0 Å². The number of rotatable bonds is 1. The molecule has 0 amide bonds. The van der Waals surface area contributed by atoms with Gasteiger partial charge < -0.3 is 4.90 Å². The lowest BCUT2D eigenvalue weighted by molar-refractivity contribution is 0.308. The van der Waals surface area contributed by atoms with Gasteiger partial charge in [0.05, 0.1) is 6.04 Å². The molecule has 0 saturated heterocycles. The van der Waals surface area contributed by atoms with Crippen molar-refractivity contribution in [1.82, 2.24) is 4.90 Å². The highest BCUT2D eigenvalue weighted by Crippen LogP contribution is 2.43. The summed E-state index contributed by atoms with van der Waals surface area (Å²) >= 11 is 0. The molecular weight excluding hydrogens is 254 g/mol. The van der Waals surface area contributed by atoms with Crippen LogP contribution in [-0.2, 0) is 0 Å². The van der Waals surface area contributed by atoms with E-state index in [1.54, 1.807) is 0 Å². The maximum atomic E-state index is 2.38. The minimum absolute atomic E-state index is 0.480. The van der Waals surface area contributed by atoms with Gasteiger partial charge in [0, 0.05) is 12.4 Å². The van der Waals surface area contributed by atoms with Crippen LogP contribution in [0.5, 0.6) is 0 Å². The van der Waals surface area contributed by atoms with Crippen LogP contribution in [0.4, 0.5) is 0 Å². The van der Waals surface area contributed by atoms with Crippen LogP contribution in [0.1, 0.15) is 36.1 Å². The molecule has 2 unspecified atom stereocenters. The lowest BCUT2D eigenvalue weighted by Gasteiger charge is -2.39. The second-order valence-corrected chi connectivity index (χ2v) is 5.99. The molecule has 0 N–H and O–H groups in total. The Bertz CT molecular complexity index is 712. The zero-order valence-electron chi connectivity index (χ0n) is 12.2. The summed E-state index contributed by atoms with van der Waals surface area (Å²) in [4.78, 5) is 2.38. The molecule has 0 bridgehead atoms. The third-order valence-electron chi connectivity index (χ3n) is 4.64. The number of fused-ring (bicyclic) bond motifs is 3. The van der Waals surface area contributed by atoms with Crippen LogP contribution in [0.25, 0.3) is 11.6 Å². The van der Waals surface area contributed by atoms with Crippen molar-refractivity contribution in [1.29, 1.82) is 0 Å². The summed E-state index contributed by atoms with van der Waals surface area (Å²) in [7, 11) is 0. The molecule has 0 aromatic heterocycles. The van der Waals surface area contributed by atoms with Crippen molar-refractivity contribution in [3.63, 3.8) is 0 Å². The number of hydrogen-bond acceptors (Lipinski definition) is 1. The van der Waals surface area contributed by atoms with E-state index < -0.39 is 0 Å². The smallest absolute Gasteiger partial charge is 0.0591 e. The summed E-state index contributed by atoms with van der Waals surface area (Å²) in [6, 6.07) is 20.0. The lowest BCUT2D eigenvalue weighted by atomic mass is 9.81. The molecule has 0 fully saturated rings. The van der Waals surface area contributed by atoms with Gasteiger partial charge in [-0.3, -0.25) is 0 Å². The normalized spacial score (nSPS) is 23.3. The molecule has 2 atom stereocenters. The van der Waals surface area contributed by atoms with Crippen molar-refractivity contribution < 1.29 is 0 Å². The fourth-order valence-electron chi connectivity index (χ4n) is 3.52. The standard InChI is InChI=1S/C20H19N/c1-15-13-20-18-10-6-5-9-17(18)11-12-21(20)14-19(15)16-7-3-2-4-8-16/h2-12,14-15,20H,13H2,1H3. The summed E-state index contributed by atoms with van der Waals surface area (Å²) in [5.41, 5.74) is 5.60. The molecular formula is C20H19N. The van der Waals surface area contributed by atoms with Gasteiger partial charge in [0.2, 0.25) is 0 Å². The molecule has 4 rings (SSSR count). The summed E-state index contributed by atoms with van der Waals surface area (Å²) in [6.45, 7) is 2.34. The summed E-state index contributed by atoms with van der Waals surface area (Å²) in [5, 5.41) is 0. The molecule has 21 heavy (non-hydrogen) atoms. The van der Waals surface area contributed by atoms with Gasteiger partial charge in [0.1, 0.15) is 0 Å². The second kappa shape index (κ2) is 4.92. The highest BCUT2D eigenvalue weighted by Gasteiger charge is 2.30. The van der Waals surface area contributed by atoms with E-state index in [9.17, 15) is 0 Å². The van der Waals surface area contributed by atoms with E-state index in [0.29, 0.717) is 12.0 Å². The molecule has 2 aliphatic heterocycles. The summed E-state index contributed by atoms with van der Waals surface area (Å²) in [5.74, 6) is 0.577. The first-order chi connectivity index (χ1) is 10.3. The molecule has 1 nitrogen and oxygen atoms in total. The maximum Gasteiger partial charge on any atom is 0.0591 e. The largest absolute Gasteiger partial charge is 0.347 e. The van der Waals surface area contributed by atoms with Crippen LogP contribution in [0.15, 0.2) is 67.0 Å². The number of nitrogens with zero attached hydrogens (tertiary/aromatic N) is 1. The van der Waals surface area contributed by atoms with E-state index in [1.165, 1.54) is 28.7 Å². The summed E-state index contributed by atoms with van der Waals surface area (Å²) in [6.07, 6.45) is 7.95. The average molecular weight is 273 g/mol. The first kappa shape index (κ1) is 12.5. The number of benzene rings is 2. The van der Waals surface area contributed by atoms with Crippen LogP contribution in [-0.4, -0.2) is 4.90 Å². The molecule has 2 aromatic carbocycles. The number of hydrogen-bond donors (Lipinski definition) is 0. The Morgan fingerprint density at radius 2 is 1.71 bits per heavy atom. The van der Waals surface area contributed by atoms with Crippen molar-refractivity contribution in [3.05, 3.63) is 83.7 Å². The van der Waals surface area contributed by atoms with Gasteiger partial charge in [0.25, 0.3) is 0 Å². The highest BCUT2D eigenvalue weighted by atomic mass is 15.1. The predicted octanol–water partition coefficient (Wildman–Crippen LogP) is 5.09. The van der Waals surface area contributed by atoms with Gasteiger partial charge in [-0.15, -0.1) is 0 Å². The van der Waals surface area contributed by atoms with Gasteiger partial charge >= 0.3 is 0 Å². The molecule has 0 radical (unpaired) electrons. The monoisotopic (exact) mass is 273 g/mol. The zero-order chi connectivity index (χ0) is 14.2. The second-order valence-electron chi connectivity index (χ2n) is 5.99. The Labute approximate surface area is 126 Å². The van der Waals surface area contributed by atoms with Crippen molar-refractivity contribution in [3.8, 4) is 0 Å². The van der Waals surface area contributed by atoms with E-state index in [0.717, 1.165) is 0 Å². The Hall–Kier alpha value is -2.28. The predicted molar refractivity (Wildman–Crippen MR) is 88.3 cm³/mol. The fraction of sp³-hybridized carbons (Fsp3) is 0.200. The third kappa shape index (κ3) is 2.09. The first-order valence-corrected chi connectivity index (χ1v) is 7.64. The molecule has 2 aliphatic rings. The molecule has 2 heterocycles. The Balaban J connectivity index is 1.76. The summed E-state index contributed by atoms with van der Waals surface area (Å²) < 4.78 is 0. The van der Waals surface area contributed by atoms with Crippen molar-refractivity contribution >= 4 is 11.6 Å².